The van der Waals surface area contributed by atoms with Gasteiger partial charge in [-0.05, 0) is 42.8 Å². The molecule has 4 rings (SSSR count). The number of nitrogens with one attached hydrogen (secondary N) is 4. The molecular weight excluding hydrogens is 486 g/mol. The highest BCUT2D eigenvalue weighted by molar-refractivity contribution is 7.15. The number of aromatic nitrogens is 4. The molecule has 2 heterocycles. The topological polar surface area (TPSA) is 152 Å². The first-order valence-corrected chi connectivity index (χ1v) is 11.9. The van der Waals surface area contributed by atoms with Crippen molar-refractivity contribution in [3.63, 3.8) is 0 Å². The molecule has 0 saturated heterocycles. The molecule has 0 atom stereocenters. The highest BCUT2D eigenvalue weighted by Gasteiger charge is 2.10. The van der Waals surface area contributed by atoms with Gasteiger partial charge in [-0.3, -0.25) is 15.4 Å². The maximum Gasteiger partial charge on any atom is 0.325 e. The number of rotatable bonds is 11. The van der Waals surface area contributed by atoms with E-state index in [1.54, 1.807) is 49.6 Å². The molecule has 3 amide bonds. The van der Waals surface area contributed by atoms with Crippen molar-refractivity contribution >= 4 is 51.1 Å². The fourth-order valence-electron chi connectivity index (χ4n) is 3.03. The summed E-state index contributed by atoms with van der Waals surface area (Å²) in [7, 11) is 1.56. The third-order valence-electron chi connectivity index (χ3n) is 4.71. The molecule has 0 bridgehead atoms. The Bertz CT molecular complexity index is 1320. The third-order valence-corrected chi connectivity index (χ3v) is 5.70. The molecule has 0 aliphatic carbocycles. The van der Waals surface area contributed by atoms with Crippen LogP contribution in [0.25, 0.3) is 11.0 Å². The van der Waals surface area contributed by atoms with Crippen LogP contribution in [0.1, 0.15) is 11.9 Å². The molecule has 0 unspecified atom stereocenters. The quantitative estimate of drug-likeness (QED) is 0.220. The minimum absolute atomic E-state index is 0.0941. The Balaban J connectivity index is 1.30. The maximum atomic E-state index is 12.2. The molecule has 0 aliphatic heterocycles. The van der Waals surface area contributed by atoms with Crippen molar-refractivity contribution in [3.8, 4) is 11.5 Å². The molecule has 2 aromatic heterocycles. The number of fused-ring (bicyclic) bond motifs is 1. The average Bonchev–Trinajstić information content (AvgIpc) is 3.48. The van der Waals surface area contributed by atoms with Gasteiger partial charge in [-0.1, -0.05) is 18.3 Å². The average molecular weight is 512 g/mol. The lowest BCUT2D eigenvalue weighted by molar-refractivity contribution is -0.121. The fourth-order valence-corrected chi connectivity index (χ4v) is 3.71. The van der Waals surface area contributed by atoms with E-state index in [0.717, 1.165) is 16.9 Å². The van der Waals surface area contributed by atoms with E-state index in [9.17, 15) is 9.59 Å². The second-order valence-corrected chi connectivity index (χ2v) is 8.48. The third kappa shape index (κ3) is 6.97. The first-order valence-electron chi connectivity index (χ1n) is 11.1. The SMILES string of the molecule is CCc1nnc(NC(=O)Nc2ccc(Oc3ccc4[nH]c(NC(=O)COCCOC)nc4c3)cc2)s1. The number of nitrogens with zero attached hydrogens (tertiary/aromatic N) is 3. The molecule has 188 valence electrons. The van der Waals surface area contributed by atoms with Crippen molar-refractivity contribution in [2.45, 2.75) is 13.3 Å². The first kappa shape index (κ1) is 25.0. The van der Waals surface area contributed by atoms with Gasteiger partial charge in [0, 0.05) is 18.9 Å². The highest BCUT2D eigenvalue weighted by Crippen LogP contribution is 2.26. The van der Waals surface area contributed by atoms with E-state index in [-0.39, 0.29) is 12.5 Å². The Hall–Kier alpha value is -4.07. The van der Waals surface area contributed by atoms with E-state index < -0.39 is 6.03 Å². The molecule has 0 fully saturated rings. The molecule has 0 radical (unpaired) electrons. The Kier molecular flexibility index (Phi) is 8.39. The number of aromatic amines is 1. The number of carbonyl (C=O) groups is 2. The van der Waals surface area contributed by atoms with E-state index >= 15 is 0 Å². The fraction of sp³-hybridized carbons (Fsp3) is 0.261. The summed E-state index contributed by atoms with van der Waals surface area (Å²) in [6.45, 7) is 2.63. The number of anilines is 3. The van der Waals surface area contributed by atoms with Crippen LogP contribution in [0.4, 0.5) is 21.6 Å². The summed E-state index contributed by atoms with van der Waals surface area (Å²) in [6, 6.07) is 11.9. The molecule has 0 aliphatic rings. The van der Waals surface area contributed by atoms with Crippen molar-refractivity contribution in [1.82, 2.24) is 20.2 Å². The largest absolute Gasteiger partial charge is 0.457 e. The van der Waals surface area contributed by atoms with E-state index in [0.29, 0.717) is 47.0 Å². The van der Waals surface area contributed by atoms with Gasteiger partial charge in [0.25, 0.3) is 5.91 Å². The molecule has 36 heavy (non-hydrogen) atoms. The van der Waals surface area contributed by atoms with Gasteiger partial charge in [-0.25, -0.2) is 9.78 Å². The van der Waals surface area contributed by atoms with Crippen molar-refractivity contribution < 1.29 is 23.8 Å². The van der Waals surface area contributed by atoms with Gasteiger partial charge in [0.2, 0.25) is 11.1 Å². The molecule has 2 aromatic carbocycles. The van der Waals surface area contributed by atoms with Crippen LogP contribution < -0.4 is 20.7 Å². The first-order chi connectivity index (χ1) is 17.5. The van der Waals surface area contributed by atoms with Crippen LogP contribution >= 0.6 is 11.3 Å². The van der Waals surface area contributed by atoms with Gasteiger partial charge in [-0.15, -0.1) is 10.2 Å². The highest BCUT2D eigenvalue weighted by atomic mass is 32.1. The number of imidazole rings is 1. The normalized spacial score (nSPS) is 10.8. The Morgan fingerprint density at radius 2 is 1.81 bits per heavy atom. The lowest BCUT2D eigenvalue weighted by atomic mass is 10.3. The summed E-state index contributed by atoms with van der Waals surface area (Å²) >= 11 is 1.33. The molecule has 12 nitrogen and oxygen atoms in total. The minimum atomic E-state index is -0.407. The van der Waals surface area contributed by atoms with Gasteiger partial charge < -0.3 is 24.5 Å². The van der Waals surface area contributed by atoms with Crippen LogP contribution in [0.2, 0.25) is 0 Å². The van der Waals surface area contributed by atoms with Crippen molar-refractivity contribution in [1.29, 1.82) is 0 Å². The van der Waals surface area contributed by atoms with Crippen LogP contribution in [0, 0.1) is 0 Å². The number of hydrogen-bond acceptors (Lipinski definition) is 9. The van der Waals surface area contributed by atoms with Crippen LogP contribution in [0.3, 0.4) is 0 Å². The number of aryl methyl sites for hydroxylation is 1. The summed E-state index contributed by atoms with van der Waals surface area (Å²) < 4.78 is 16.0. The number of H-pyrrole nitrogens is 1. The zero-order valence-electron chi connectivity index (χ0n) is 19.7. The number of benzene rings is 2. The summed E-state index contributed by atoms with van der Waals surface area (Å²) in [5.74, 6) is 1.14. The van der Waals surface area contributed by atoms with Gasteiger partial charge in [0.15, 0.2) is 0 Å². The minimum Gasteiger partial charge on any atom is -0.457 e. The second kappa shape index (κ2) is 12.1. The molecular formula is C23H25N7O5S. The monoisotopic (exact) mass is 511 g/mol. The summed E-state index contributed by atoms with van der Waals surface area (Å²) in [6.07, 6.45) is 0.762. The van der Waals surface area contributed by atoms with Gasteiger partial charge in [-0.2, -0.15) is 0 Å². The summed E-state index contributed by atoms with van der Waals surface area (Å²) in [4.78, 5) is 31.5. The van der Waals surface area contributed by atoms with Crippen molar-refractivity contribution in [2.75, 3.05) is 42.9 Å². The van der Waals surface area contributed by atoms with Gasteiger partial charge in [0.05, 0.1) is 24.2 Å². The molecule has 4 aromatic rings. The standard InChI is InChI=1S/C23H25N7O5S/c1-3-20-29-30-23(36-20)28-22(32)24-14-4-6-15(7-5-14)35-16-8-9-17-18(12-16)26-21(25-17)27-19(31)13-34-11-10-33-2/h4-9,12H,3,10-11,13H2,1-2H3,(H2,24,28,30,32)(H2,25,26,27,31). The number of carbonyl (C=O) groups excluding carboxylic acids is 2. The van der Waals surface area contributed by atoms with E-state index in [1.165, 1.54) is 11.3 Å². The number of ether oxygens (including phenoxy) is 3. The van der Waals surface area contributed by atoms with Crippen molar-refractivity contribution in [2.24, 2.45) is 0 Å². The van der Waals surface area contributed by atoms with E-state index in [1.807, 2.05) is 6.92 Å². The zero-order valence-corrected chi connectivity index (χ0v) is 20.5. The van der Waals surface area contributed by atoms with Crippen LogP contribution in [-0.2, 0) is 20.7 Å². The Morgan fingerprint density at radius 3 is 2.56 bits per heavy atom. The lowest BCUT2D eigenvalue weighted by Crippen LogP contribution is -2.20. The smallest absolute Gasteiger partial charge is 0.325 e. The van der Waals surface area contributed by atoms with E-state index in [2.05, 4.69) is 36.1 Å². The molecule has 0 spiro atoms. The number of amides is 3. The number of hydrogen-bond donors (Lipinski definition) is 4. The number of methoxy groups -OCH3 is 1. The van der Waals surface area contributed by atoms with Crippen molar-refractivity contribution in [3.05, 3.63) is 47.5 Å². The predicted molar refractivity (Wildman–Crippen MR) is 136 cm³/mol. The van der Waals surface area contributed by atoms with Crippen LogP contribution in [0.5, 0.6) is 11.5 Å². The van der Waals surface area contributed by atoms with Gasteiger partial charge in [0.1, 0.15) is 23.1 Å². The van der Waals surface area contributed by atoms with Crippen LogP contribution in [0.15, 0.2) is 42.5 Å². The maximum absolute atomic E-state index is 12.2. The lowest BCUT2D eigenvalue weighted by Gasteiger charge is -2.08. The number of urea groups is 1. The Labute approximate surface area is 210 Å². The van der Waals surface area contributed by atoms with Gasteiger partial charge >= 0.3 is 6.03 Å². The van der Waals surface area contributed by atoms with E-state index in [4.69, 9.17) is 14.2 Å². The van der Waals surface area contributed by atoms with Crippen LogP contribution in [-0.4, -0.2) is 59.0 Å². The molecule has 13 heteroatoms. The molecule has 4 N–H and O–H groups in total. The summed E-state index contributed by atoms with van der Waals surface area (Å²) in [5.41, 5.74) is 1.96. The Morgan fingerprint density at radius 1 is 1.00 bits per heavy atom. The second-order valence-electron chi connectivity index (χ2n) is 7.42. The molecule has 0 saturated carbocycles. The zero-order chi connectivity index (χ0) is 25.3. The summed E-state index contributed by atoms with van der Waals surface area (Å²) in [5, 5.41) is 17.2. The predicted octanol–water partition coefficient (Wildman–Crippen LogP) is 4.01.